The monoisotopic (exact) mass is 295 g/mol. The zero-order valence-corrected chi connectivity index (χ0v) is 13.2. The fourth-order valence-corrected chi connectivity index (χ4v) is 1.99. The first-order valence-electron chi connectivity index (χ1n) is 7.27. The molecule has 0 aliphatic carbocycles. The summed E-state index contributed by atoms with van der Waals surface area (Å²) in [6.07, 6.45) is 0.660. The first-order valence-corrected chi connectivity index (χ1v) is 7.27. The number of benzene rings is 1. The summed E-state index contributed by atoms with van der Waals surface area (Å²) in [5, 5.41) is 0. The molecule has 0 amide bonds. The van der Waals surface area contributed by atoms with Crippen LogP contribution in [0.15, 0.2) is 18.2 Å². The molecule has 5 heteroatoms. The number of esters is 1. The standard InChI is InChI=1S/C16H25NO4/c1-5-13(16(18)20-6-2)21-14-8-7-12(9-11(3)17)10-15(14)19-4/h7-8,10-11,13H,5-6,9,17H2,1-4H3. The fourth-order valence-electron chi connectivity index (χ4n) is 1.99. The molecule has 0 aliphatic heterocycles. The minimum atomic E-state index is -0.627. The van der Waals surface area contributed by atoms with Gasteiger partial charge in [-0.25, -0.2) is 4.79 Å². The van der Waals surface area contributed by atoms with Crippen LogP contribution in [0.3, 0.4) is 0 Å². The number of nitrogens with two attached hydrogens (primary N) is 1. The summed E-state index contributed by atoms with van der Waals surface area (Å²) in [5.41, 5.74) is 6.86. The lowest BCUT2D eigenvalue weighted by Crippen LogP contribution is -2.28. The van der Waals surface area contributed by atoms with Crippen molar-refractivity contribution in [1.29, 1.82) is 0 Å². The average Bonchev–Trinajstić information content (AvgIpc) is 2.45. The predicted molar refractivity (Wildman–Crippen MR) is 81.7 cm³/mol. The van der Waals surface area contributed by atoms with Gasteiger partial charge in [-0.2, -0.15) is 0 Å². The van der Waals surface area contributed by atoms with Crippen molar-refractivity contribution in [2.75, 3.05) is 13.7 Å². The van der Waals surface area contributed by atoms with Gasteiger partial charge in [0.1, 0.15) is 0 Å². The quantitative estimate of drug-likeness (QED) is 0.745. The van der Waals surface area contributed by atoms with E-state index >= 15 is 0 Å². The Morgan fingerprint density at radius 2 is 2.00 bits per heavy atom. The second-order valence-electron chi connectivity index (χ2n) is 4.93. The SMILES string of the molecule is CCOC(=O)C(CC)Oc1ccc(CC(C)N)cc1OC. The van der Waals surface area contributed by atoms with Gasteiger partial charge in [-0.05, 0) is 44.4 Å². The van der Waals surface area contributed by atoms with E-state index in [0.717, 1.165) is 12.0 Å². The molecule has 21 heavy (non-hydrogen) atoms. The summed E-state index contributed by atoms with van der Waals surface area (Å²) in [6, 6.07) is 5.69. The second-order valence-corrected chi connectivity index (χ2v) is 4.93. The molecule has 0 heterocycles. The summed E-state index contributed by atoms with van der Waals surface area (Å²) >= 11 is 0. The van der Waals surface area contributed by atoms with Gasteiger partial charge in [0.05, 0.1) is 13.7 Å². The van der Waals surface area contributed by atoms with Gasteiger partial charge in [-0.3, -0.25) is 0 Å². The van der Waals surface area contributed by atoms with Gasteiger partial charge in [0.25, 0.3) is 0 Å². The van der Waals surface area contributed by atoms with Gasteiger partial charge in [0.15, 0.2) is 17.6 Å². The number of hydrogen-bond acceptors (Lipinski definition) is 5. The van der Waals surface area contributed by atoms with E-state index in [1.807, 2.05) is 26.0 Å². The molecule has 0 saturated heterocycles. The third kappa shape index (κ3) is 5.27. The van der Waals surface area contributed by atoms with Crippen LogP contribution in [0.5, 0.6) is 11.5 Å². The lowest BCUT2D eigenvalue weighted by molar-refractivity contribution is -0.151. The van der Waals surface area contributed by atoms with Crippen LogP contribution in [0.25, 0.3) is 0 Å². The number of hydrogen-bond donors (Lipinski definition) is 1. The zero-order chi connectivity index (χ0) is 15.8. The Balaban J connectivity index is 2.88. The Morgan fingerprint density at radius 3 is 2.52 bits per heavy atom. The van der Waals surface area contributed by atoms with E-state index in [2.05, 4.69) is 0 Å². The van der Waals surface area contributed by atoms with Crippen molar-refractivity contribution in [2.45, 2.75) is 45.8 Å². The van der Waals surface area contributed by atoms with Crippen molar-refractivity contribution in [3.8, 4) is 11.5 Å². The highest BCUT2D eigenvalue weighted by atomic mass is 16.6. The number of carbonyl (C=O) groups excluding carboxylic acids is 1. The summed E-state index contributed by atoms with van der Waals surface area (Å²) < 4.78 is 16.1. The Morgan fingerprint density at radius 1 is 1.29 bits per heavy atom. The lowest BCUT2D eigenvalue weighted by Gasteiger charge is -2.18. The maximum Gasteiger partial charge on any atom is 0.347 e. The van der Waals surface area contributed by atoms with Crippen LogP contribution in [0, 0.1) is 0 Å². The molecule has 2 unspecified atom stereocenters. The molecule has 0 aliphatic rings. The number of carbonyl (C=O) groups is 1. The van der Waals surface area contributed by atoms with E-state index in [1.165, 1.54) is 0 Å². The largest absolute Gasteiger partial charge is 0.493 e. The second kappa shape index (κ2) is 8.52. The van der Waals surface area contributed by atoms with E-state index in [4.69, 9.17) is 19.9 Å². The van der Waals surface area contributed by atoms with Crippen molar-refractivity contribution in [2.24, 2.45) is 5.73 Å². The molecule has 1 aromatic rings. The Hall–Kier alpha value is -1.75. The lowest BCUT2D eigenvalue weighted by atomic mass is 10.1. The van der Waals surface area contributed by atoms with E-state index in [9.17, 15) is 4.79 Å². The van der Waals surface area contributed by atoms with Gasteiger partial charge < -0.3 is 19.9 Å². The van der Waals surface area contributed by atoms with Crippen LogP contribution in [0.1, 0.15) is 32.8 Å². The molecule has 2 atom stereocenters. The fraction of sp³-hybridized carbons (Fsp3) is 0.562. The first-order chi connectivity index (χ1) is 10.0. The van der Waals surface area contributed by atoms with Crippen LogP contribution >= 0.6 is 0 Å². The molecule has 0 fully saturated rings. The van der Waals surface area contributed by atoms with Gasteiger partial charge in [-0.1, -0.05) is 13.0 Å². The molecule has 0 spiro atoms. The molecule has 0 saturated carbocycles. The molecule has 5 nitrogen and oxygen atoms in total. The van der Waals surface area contributed by atoms with Crippen LogP contribution < -0.4 is 15.2 Å². The molecule has 0 aromatic heterocycles. The number of rotatable bonds is 8. The van der Waals surface area contributed by atoms with Gasteiger partial charge in [0.2, 0.25) is 0 Å². The van der Waals surface area contributed by atoms with Crippen molar-refractivity contribution in [3.63, 3.8) is 0 Å². The van der Waals surface area contributed by atoms with Gasteiger partial charge >= 0.3 is 5.97 Å². The molecule has 0 bridgehead atoms. The van der Waals surface area contributed by atoms with E-state index in [0.29, 0.717) is 24.5 Å². The normalized spacial score (nSPS) is 13.4. The first kappa shape index (κ1) is 17.3. The minimum absolute atomic E-state index is 0.0735. The highest BCUT2D eigenvalue weighted by molar-refractivity contribution is 5.75. The topological polar surface area (TPSA) is 70.8 Å². The van der Waals surface area contributed by atoms with Gasteiger partial charge in [-0.15, -0.1) is 0 Å². The molecular formula is C16H25NO4. The molecular weight excluding hydrogens is 270 g/mol. The summed E-state index contributed by atoms with van der Waals surface area (Å²) in [7, 11) is 1.57. The smallest absolute Gasteiger partial charge is 0.347 e. The Labute approximate surface area is 126 Å². The van der Waals surface area contributed by atoms with E-state index < -0.39 is 6.10 Å². The highest BCUT2D eigenvalue weighted by Gasteiger charge is 2.21. The molecule has 1 aromatic carbocycles. The van der Waals surface area contributed by atoms with Gasteiger partial charge in [0, 0.05) is 6.04 Å². The van der Waals surface area contributed by atoms with Crippen molar-refractivity contribution >= 4 is 5.97 Å². The van der Waals surface area contributed by atoms with Crippen LogP contribution in [0.4, 0.5) is 0 Å². The van der Waals surface area contributed by atoms with Crippen molar-refractivity contribution in [3.05, 3.63) is 23.8 Å². The summed E-state index contributed by atoms with van der Waals surface area (Å²) in [6.45, 7) is 5.93. The maximum atomic E-state index is 11.8. The predicted octanol–water partition coefficient (Wildman–Crippen LogP) is 2.31. The van der Waals surface area contributed by atoms with Crippen molar-refractivity contribution in [1.82, 2.24) is 0 Å². The van der Waals surface area contributed by atoms with Crippen LogP contribution in [0.2, 0.25) is 0 Å². The average molecular weight is 295 g/mol. The number of ether oxygens (including phenoxy) is 3. The number of methoxy groups -OCH3 is 1. The van der Waals surface area contributed by atoms with E-state index in [1.54, 1.807) is 20.1 Å². The third-order valence-electron chi connectivity index (χ3n) is 2.98. The Kier molecular flexibility index (Phi) is 7.02. The summed E-state index contributed by atoms with van der Waals surface area (Å²) in [4.78, 5) is 11.8. The molecule has 1 rings (SSSR count). The molecule has 118 valence electrons. The van der Waals surface area contributed by atoms with Crippen LogP contribution in [-0.2, 0) is 16.0 Å². The maximum absolute atomic E-state index is 11.8. The third-order valence-corrected chi connectivity index (χ3v) is 2.98. The van der Waals surface area contributed by atoms with E-state index in [-0.39, 0.29) is 12.0 Å². The Bertz CT molecular complexity index is 460. The highest BCUT2D eigenvalue weighted by Crippen LogP contribution is 2.30. The minimum Gasteiger partial charge on any atom is -0.493 e. The van der Waals surface area contributed by atoms with Crippen LogP contribution in [-0.4, -0.2) is 31.8 Å². The molecule has 0 radical (unpaired) electrons. The molecule has 2 N–H and O–H groups in total. The zero-order valence-electron chi connectivity index (χ0n) is 13.2. The summed E-state index contributed by atoms with van der Waals surface area (Å²) in [5.74, 6) is 0.767. The van der Waals surface area contributed by atoms with Crippen molar-refractivity contribution < 1.29 is 19.0 Å².